The molecule has 9 heteroatoms. The highest BCUT2D eigenvalue weighted by molar-refractivity contribution is 6.62. The molecule has 0 aromatic carbocycles. The molecule has 2 heterocycles. The molecule has 2 amide bonds. The van der Waals surface area contributed by atoms with Crippen molar-refractivity contribution in [2.24, 2.45) is 5.92 Å². The summed E-state index contributed by atoms with van der Waals surface area (Å²) in [7, 11) is -0.518. The van der Waals surface area contributed by atoms with Gasteiger partial charge in [-0.3, -0.25) is 4.79 Å². The van der Waals surface area contributed by atoms with Crippen LogP contribution in [0.5, 0.6) is 0 Å². The van der Waals surface area contributed by atoms with Crippen LogP contribution in [-0.2, 0) is 18.8 Å². The Bertz CT molecular complexity index is 836. The van der Waals surface area contributed by atoms with Crippen LogP contribution in [0, 0.1) is 5.92 Å². The Morgan fingerprint density at radius 2 is 1.81 bits per heavy atom. The Balaban J connectivity index is 1.59. The molecule has 1 aromatic heterocycles. The standard InChI is InChI=1S/C23H36BN3O5/c1-21(2,3)30-20(29)26-17-10-8-9-15(13-17)19(28)27-18-14-16(11-12-25-18)24-31-22(4,5)23(6,7)32-24/h11-12,14-15,17H,8-10,13H2,1-7H3,(H,26,29)(H,25,27,28)/t15-,17+/m0/s1. The number of carbonyl (C=O) groups excluding carboxylic acids is 2. The Hall–Kier alpha value is -2.13. The number of pyridine rings is 1. The number of carbonyl (C=O) groups is 2. The van der Waals surface area contributed by atoms with Crippen LogP contribution in [-0.4, -0.2) is 46.9 Å². The number of rotatable bonds is 4. The minimum atomic E-state index is -0.552. The maximum atomic E-state index is 12.9. The summed E-state index contributed by atoms with van der Waals surface area (Å²) < 4.78 is 17.5. The lowest BCUT2D eigenvalue weighted by Crippen LogP contribution is -2.43. The van der Waals surface area contributed by atoms with Crippen molar-refractivity contribution in [2.45, 2.75) is 97.0 Å². The largest absolute Gasteiger partial charge is 0.495 e. The summed E-state index contributed by atoms with van der Waals surface area (Å²) in [5.41, 5.74) is -0.628. The van der Waals surface area contributed by atoms with Gasteiger partial charge in [0.25, 0.3) is 0 Å². The number of alkyl carbamates (subject to hydrolysis) is 1. The van der Waals surface area contributed by atoms with E-state index in [1.807, 2.05) is 54.5 Å². The number of anilines is 1. The zero-order valence-electron chi connectivity index (χ0n) is 20.3. The summed E-state index contributed by atoms with van der Waals surface area (Å²) in [5, 5.41) is 5.82. The molecule has 2 atom stereocenters. The molecule has 0 unspecified atom stereocenters. The highest BCUT2D eigenvalue weighted by Crippen LogP contribution is 2.36. The molecular weight excluding hydrogens is 409 g/mol. The maximum Gasteiger partial charge on any atom is 0.495 e. The summed E-state index contributed by atoms with van der Waals surface area (Å²) in [6.07, 6.45) is 4.24. The third-order valence-corrected chi connectivity index (χ3v) is 6.33. The fourth-order valence-electron chi connectivity index (χ4n) is 3.90. The minimum Gasteiger partial charge on any atom is -0.444 e. The summed E-state index contributed by atoms with van der Waals surface area (Å²) in [6.45, 7) is 13.5. The van der Waals surface area contributed by atoms with Crippen LogP contribution < -0.4 is 16.1 Å². The van der Waals surface area contributed by atoms with Gasteiger partial charge in [0.1, 0.15) is 11.4 Å². The lowest BCUT2D eigenvalue weighted by molar-refractivity contribution is -0.121. The zero-order valence-corrected chi connectivity index (χ0v) is 20.3. The van der Waals surface area contributed by atoms with E-state index in [0.717, 1.165) is 24.7 Å². The van der Waals surface area contributed by atoms with Crippen molar-refractivity contribution < 1.29 is 23.6 Å². The van der Waals surface area contributed by atoms with Crippen LogP contribution in [0.2, 0.25) is 0 Å². The topological polar surface area (TPSA) is 98.8 Å². The van der Waals surface area contributed by atoms with Crippen LogP contribution in [0.1, 0.15) is 74.1 Å². The molecular formula is C23H36BN3O5. The van der Waals surface area contributed by atoms with E-state index >= 15 is 0 Å². The average molecular weight is 445 g/mol. The Morgan fingerprint density at radius 1 is 1.16 bits per heavy atom. The summed E-state index contributed by atoms with van der Waals surface area (Å²) in [5.74, 6) is 0.162. The van der Waals surface area contributed by atoms with Gasteiger partial charge < -0.3 is 24.7 Å². The van der Waals surface area contributed by atoms with E-state index in [9.17, 15) is 9.59 Å². The van der Waals surface area contributed by atoms with Gasteiger partial charge in [-0.15, -0.1) is 0 Å². The number of amides is 2. The lowest BCUT2D eigenvalue weighted by Gasteiger charge is -2.32. The molecule has 2 N–H and O–H groups in total. The second-order valence-corrected chi connectivity index (χ2v) is 10.8. The summed E-state index contributed by atoms with van der Waals surface area (Å²) in [4.78, 5) is 29.3. The normalized spacial score (nSPS) is 24.7. The number of hydrogen-bond acceptors (Lipinski definition) is 6. The van der Waals surface area contributed by atoms with Gasteiger partial charge in [-0.2, -0.15) is 0 Å². The van der Waals surface area contributed by atoms with Crippen molar-refractivity contribution in [3.8, 4) is 0 Å². The molecule has 176 valence electrons. The molecule has 32 heavy (non-hydrogen) atoms. The van der Waals surface area contributed by atoms with E-state index in [0.29, 0.717) is 12.2 Å². The second kappa shape index (κ2) is 9.02. The smallest absolute Gasteiger partial charge is 0.444 e. The number of aromatic nitrogens is 1. The van der Waals surface area contributed by atoms with E-state index in [4.69, 9.17) is 14.0 Å². The molecule has 1 aliphatic heterocycles. The van der Waals surface area contributed by atoms with Crippen molar-refractivity contribution in [1.29, 1.82) is 0 Å². The second-order valence-electron chi connectivity index (χ2n) is 10.8. The van der Waals surface area contributed by atoms with Gasteiger partial charge in [0.2, 0.25) is 5.91 Å². The fraction of sp³-hybridized carbons (Fsp3) is 0.696. The number of ether oxygens (including phenoxy) is 1. The van der Waals surface area contributed by atoms with E-state index in [2.05, 4.69) is 15.6 Å². The van der Waals surface area contributed by atoms with Gasteiger partial charge in [-0.05, 0) is 85.3 Å². The molecule has 2 aliphatic rings. The number of nitrogens with zero attached hydrogens (tertiary/aromatic N) is 1. The Labute approximate surface area is 191 Å². The monoisotopic (exact) mass is 445 g/mol. The van der Waals surface area contributed by atoms with E-state index in [1.54, 1.807) is 12.3 Å². The van der Waals surface area contributed by atoms with E-state index in [1.165, 1.54) is 0 Å². The van der Waals surface area contributed by atoms with Crippen molar-refractivity contribution in [3.63, 3.8) is 0 Å². The van der Waals surface area contributed by atoms with Crippen LogP contribution in [0.4, 0.5) is 10.6 Å². The van der Waals surface area contributed by atoms with Crippen molar-refractivity contribution in [1.82, 2.24) is 10.3 Å². The van der Waals surface area contributed by atoms with Gasteiger partial charge in [-0.1, -0.05) is 6.42 Å². The lowest BCUT2D eigenvalue weighted by atomic mass is 9.79. The van der Waals surface area contributed by atoms with Gasteiger partial charge in [-0.25, -0.2) is 9.78 Å². The minimum absolute atomic E-state index is 0.0848. The van der Waals surface area contributed by atoms with Crippen molar-refractivity contribution >= 4 is 30.4 Å². The number of nitrogens with one attached hydrogen (secondary N) is 2. The van der Waals surface area contributed by atoms with E-state index in [-0.39, 0.29) is 17.9 Å². The third-order valence-electron chi connectivity index (χ3n) is 6.33. The first kappa shape index (κ1) is 24.5. The molecule has 0 bridgehead atoms. The van der Waals surface area contributed by atoms with Crippen LogP contribution in [0.25, 0.3) is 0 Å². The van der Waals surface area contributed by atoms with Crippen LogP contribution >= 0.6 is 0 Å². The fourth-order valence-corrected chi connectivity index (χ4v) is 3.90. The quantitative estimate of drug-likeness (QED) is 0.690. The van der Waals surface area contributed by atoms with Gasteiger partial charge in [0, 0.05) is 18.2 Å². The SMILES string of the molecule is CC(C)(C)OC(=O)N[C@@H]1CCC[C@H](C(=O)Nc2cc(B3OC(C)(C)C(C)(C)O3)ccn2)C1. The molecule has 0 spiro atoms. The molecule has 8 nitrogen and oxygen atoms in total. The molecule has 2 fully saturated rings. The highest BCUT2D eigenvalue weighted by atomic mass is 16.7. The van der Waals surface area contributed by atoms with Gasteiger partial charge >= 0.3 is 13.2 Å². The number of hydrogen-bond donors (Lipinski definition) is 2. The summed E-state index contributed by atoms with van der Waals surface area (Å²) in [6, 6.07) is 3.54. The zero-order chi connectivity index (χ0) is 23.7. The van der Waals surface area contributed by atoms with Crippen LogP contribution in [0.3, 0.4) is 0 Å². The Kier molecular flexibility index (Phi) is 6.91. The molecule has 3 rings (SSSR count). The average Bonchev–Trinajstić information content (AvgIpc) is 2.88. The predicted molar refractivity (Wildman–Crippen MR) is 124 cm³/mol. The van der Waals surface area contributed by atoms with Gasteiger partial charge in [0.15, 0.2) is 0 Å². The first-order valence-corrected chi connectivity index (χ1v) is 11.4. The van der Waals surface area contributed by atoms with Crippen LogP contribution in [0.15, 0.2) is 18.3 Å². The Morgan fingerprint density at radius 3 is 2.44 bits per heavy atom. The summed E-state index contributed by atoms with van der Waals surface area (Å²) >= 11 is 0. The molecule has 0 radical (unpaired) electrons. The molecule has 1 aromatic rings. The maximum absolute atomic E-state index is 12.9. The molecule has 1 aliphatic carbocycles. The highest BCUT2D eigenvalue weighted by Gasteiger charge is 2.51. The van der Waals surface area contributed by atoms with Crippen molar-refractivity contribution in [3.05, 3.63) is 18.3 Å². The van der Waals surface area contributed by atoms with Crippen molar-refractivity contribution in [2.75, 3.05) is 5.32 Å². The molecule has 1 saturated heterocycles. The van der Waals surface area contributed by atoms with E-state index < -0.39 is 30.0 Å². The predicted octanol–water partition coefficient (Wildman–Crippen LogP) is 3.40. The molecule has 1 saturated carbocycles. The van der Waals surface area contributed by atoms with Gasteiger partial charge in [0.05, 0.1) is 11.2 Å². The third kappa shape index (κ3) is 6.01. The first-order chi connectivity index (χ1) is 14.8. The first-order valence-electron chi connectivity index (χ1n) is 11.4.